The summed E-state index contributed by atoms with van der Waals surface area (Å²) in [5, 5.41) is 29.9. The average molecular weight is 372 g/mol. The van der Waals surface area contributed by atoms with E-state index in [1.54, 1.807) is 12.2 Å². The molecule has 0 amide bonds. The number of halogens is 3. The second kappa shape index (κ2) is 8.70. The molecule has 1 aromatic rings. The number of rotatable bonds is 7. The highest BCUT2D eigenvalue weighted by molar-refractivity contribution is 5.30. The van der Waals surface area contributed by atoms with Crippen LogP contribution in [0.15, 0.2) is 49.1 Å². The Hall–Kier alpha value is -1.83. The van der Waals surface area contributed by atoms with Gasteiger partial charge in [0, 0.05) is 12.3 Å². The van der Waals surface area contributed by atoms with Crippen molar-refractivity contribution >= 4 is 0 Å². The fourth-order valence-electron chi connectivity index (χ4n) is 3.15. The molecule has 3 N–H and O–H groups in total. The van der Waals surface area contributed by atoms with Crippen LogP contribution in [-0.4, -0.2) is 40.2 Å². The van der Waals surface area contributed by atoms with Crippen molar-refractivity contribution in [1.29, 1.82) is 0 Å². The van der Waals surface area contributed by atoms with Crippen molar-refractivity contribution < 1.29 is 33.2 Å². The summed E-state index contributed by atoms with van der Waals surface area (Å²) in [7, 11) is 0. The number of hydrogen-bond donors (Lipinski definition) is 3. The Kier molecular flexibility index (Phi) is 6.86. The van der Waals surface area contributed by atoms with Crippen LogP contribution in [0, 0.1) is 11.8 Å². The molecule has 1 aliphatic rings. The molecule has 0 aliphatic heterocycles. The SMILES string of the molecule is C=CCC1C(O)CC(O)C1/C=C/C(O)COc1cccc(C(F)(F)F)c1. The molecule has 0 spiro atoms. The van der Waals surface area contributed by atoms with Gasteiger partial charge < -0.3 is 20.1 Å². The first-order valence-electron chi connectivity index (χ1n) is 8.36. The smallest absolute Gasteiger partial charge is 0.416 e. The topological polar surface area (TPSA) is 69.9 Å². The minimum Gasteiger partial charge on any atom is -0.491 e. The van der Waals surface area contributed by atoms with Gasteiger partial charge >= 0.3 is 6.18 Å². The predicted octanol–water partition coefficient (Wildman–Crippen LogP) is 2.94. The number of aliphatic hydroxyl groups is 3. The lowest BCUT2D eigenvalue weighted by molar-refractivity contribution is -0.137. The molecule has 0 heterocycles. The Bertz CT molecular complexity index is 629. The first-order chi connectivity index (χ1) is 12.2. The summed E-state index contributed by atoms with van der Waals surface area (Å²) in [6, 6.07) is 4.42. The molecular weight excluding hydrogens is 349 g/mol. The number of hydrogen-bond acceptors (Lipinski definition) is 4. The van der Waals surface area contributed by atoms with Crippen LogP contribution < -0.4 is 4.74 Å². The number of allylic oxidation sites excluding steroid dienone is 1. The standard InChI is InChI=1S/C19H23F3O4/c1-2-4-15-16(18(25)10-17(15)24)8-7-13(23)11-26-14-6-3-5-12(9-14)19(20,21)22/h2-3,5-9,13,15-18,23-25H,1,4,10-11H2/b8-7+. The molecule has 1 saturated carbocycles. The minimum atomic E-state index is -4.46. The van der Waals surface area contributed by atoms with Crippen LogP contribution in [0.1, 0.15) is 18.4 Å². The van der Waals surface area contributed by atoms with Gasteiger partial charge in [-0.25, -0.2) is 0 Å². The highest BCUT2D eigenvalue weighted by atomic mass is 19.4. The molecule has 1 fully saturated rings. The summed E-state index contributed by atoms with van der Waals surface area (Å²) in [5.41, 5.74) is -0.824. The highest BCUT2D eigenvalue weighted by Crippen LogP contribution is 2.36. The molecule has 5 unspecified atom stereocenters. The van der Waals surface area contributed by atoms with Gasteiger partial charge in [0.05, 0.1) is 17.8 Å². The number of ether oxygens (including phenoxy) is 1. The lowest BCUT2D eigenvalue weighted by atomic mass is 9.90. The van der Waals surface area contributed by atoms with Crippen LogP contribution in [-0.2, 0) is 6.18 Å². The van der Waals surface area contributed by atoms with E-state index < -0.39 is 30.1 Å². The third-order valence-corrected chi connectivity index (χ3v) is 4.49. The summed E-state index contributed by atoms with van der Waals surface area (Å²) in [5.74, 6) is -0.505. The largest absolute Gasteiger partial charge is 0.491 e. The Morgan fingerprint density at radius 1 is 1.27 bits per heavy atom. The van der Waals surface area contributed by atoms with Crippen molar-refractivity contribution in [2.75, 3.05) is 6.61 Å². The molecule has 5 atom stereocenters. The van der Waals surface area contributed by atoms with Gasteiger partial charge in [0.25, 0.3) is 0 Å². The van der Waals surface area contributed by atoms with E-state index in [1.165, 1.54) is 18.2 Å². The Morgan fingerprint density at radius 3 is 2.65 bits per heavy atom. The highest BCUT2D eigenvalue weighted by Gasteiger charge is 2.39. The molecule has 0 bridgehead atoms. The van der Waals surface area contributed by atoms with Crippen molar-refractivity contribution in [3.63, 3.8) is 0 Å². The van der Waals surface area contributed by atoms with Gasteiger partial charge in [-0.2, -0.15) is 13.2 Å². The maximum atomic E-state index is 12.7. The molecule has 144 valence electrons. The second-order valence-corrected chi connectivity index (χ2v) is 6.42. The van der Waals surface area contributed by atoms with Crippen LogP contribution in [0.4, 0.5) is 13.2 Å². The normalized spacial score (nSPS) is 27.6. The van der Waals surface area contributed by atoms with Crippen molar-refractivity contribution in [3.8, 4) is 5.75 Å². The fraction of sp³-hybridized carbons (Fsp3) is 0.474. The maximum absolute atomic E-state index is 12.7. The lowest BCUT2D eigenvalue weighted by Crippen LogP contribution is -2.21. The van der Waals surface area contributed by atoms with Crippen molar-refractivity contribution in [3.05, 3.63) is 54.6 Å². The monoisotopic (exact) mass is 372 g/mol. The minimum absolute atomic E-state index is 0.00753. The molecule has 4 nitrogen and oxygen atoms in total. The van der Waals surface area contributed by atoms with Crippen molar-refractivity contribution in [1.82, 2.24) is 0 Å². The number of aliphatic hydroxyl groups excluding tert-OH is 3. The van der Waals surface area contributed by atoms with Gasteiger partial charge in [-0.3, -0.25) is 0 Å². The van der Waals surface area contributed by atoms with Gasteiger partial charge in [-0.05, 0) is 30.5 Å². The Balaban J connectivity index is 1.93. The summed E-state index contributed by atoms with van der Waals surface area (Å²) in [4.78, 5) is 0. The molecule has 2 rings (SSSR count). The molecule has 0 radical (unpaired) electrons. The van der Waals surface area contributed by atoms with Gasteiger partial charge in [-0.15, -0.1) is 6.58 Å². The summed E-state index contributed by atoms with van der Waals surface area (Å²) < 4.78 is 43.2. The molecule has 1 aliphatic carbocycles. The van der Waals surface area contributed by atoms with Crippen LogP contribution in [0.25, 0.3) is 0 Å². The predicted molar refractivity (Wildman–Crippen MR) is 90.5 cm³/mol. The van der Waals surface area contributed by atoms with E-state index in [0.717, 1.165) is 12.1 Å². The van der Waals surface area contributed by atoms with Crippen LogP contribution in [0.5, 0.6) is 5.75 Å². The first kappa shape index (κ1) is 20.5. The number of benzene rings is 1. The summed E-state index contributed by atoms with van der Waals surface area (Å²) in [6.45, 7) is 3.41. The Morgan fingerprint density at radius 2 is 2.00 bits per heavy atom. The zero-order valence-corrected chi connectivity index (χ0v) is 14.1. The third kappa shape index (κ3) is 5.33. The maximum Gasteiger partial charge on any atom is 0.416 e. The molecular formula is C19H23F3O4. The fourth-order valence-corrected chi connectivity index (χ4v) is 3.15. The van der Waals surface area contributed by atoms with E-state index >= 15 is 0 Å². The summed E-state index contributed by atoms with van der Waals surface area (Å²) >= 11 is 0. The summed E-state index contributed by atoms with van der Waals surface area (Å²) in [6.07, 6.45) is -1.38. The molecule has 26 heavy (non-hydrogen) atoms. The van der Waals surface area contributed by atoms with Gasteiger partial charge in [-0.1, -0.05) is 24.3 Å². The van der Waals surface area contributed by atoms with Gasteiger partial charge in [0.1, 0.15) is 18.5 Å². The zero-order chi connectivity index (χ0) is 19.3. The van der Waals surface area contributed by atoms with Crippen LogP contribution in [0.2, 0.25) is 0 Å². The van der Waals surface area contributed by atoms with Crippen LogP contribution in [0.3, 0.4) is 0 Å². The Labute approximate surface area is 150 Å². The molecule has 0 aromatic heterocycles. The zero-order valence-electron chi connectivity index (χ0n) is 14.1. The molecule has 0 saturated heterocycles. The average Bonchev–Trinajstić information content (AvgIpc) is 2.84. The molecule has 7 heteroatoms. The quantitative estimate of drug-likeness (QED) is 0.644. The second-order valence-electron chi connectivity index (χ2n) is 6.42. The van der Waals surface area contributed by atoms with Gasteiger partial charge in [0.15, 0.2) is 0 Å². The van der Waals surface area contributed by atoms with E-state index in [-0.39, 0.29) is 30.6 Å². The van der Waals surface area contributed by atoms with E-state index in [9.17, 15) is 28.5 Å². The number of alkyl halides is 3. The molecule has 1 aromatic carbocycles. The van der Waals surface area contributed by atoms with Gasteiger partial charge in [0.2, 0.25) is 0 Å². The third-order valence-electron chi connectivity index (χ3n) is 4.49. The van der Waals surface area contributed by atoms with Crippen molar-refractivity contribution in [2.24, 2.45) is 11.8 Å². The first-order valence-corrected chi connectivity index (χ1v) is 8.36. The lowest BCUT2D eigenvalue weighted by Gasteiger charge is -2.19. The van der Waals surface area contributed by atoms with E-state index in [0.29, 0.717) is 6.42 Å². The van der Waals surface area contributed by atoms with E-state index in [1.807, 2.05) is 0 Å². The van der Waals surface area contributed by atoms with Crippen molar-refractivity contribution in [2.45, 2.75) is 37.3 Å². The van der Waals surface area contributed by atoms with E-state index in [2.05, 4.69) is 6.58 Å². The van der Waals surface area contributed by atoms with E-state index in [4.69, 9.17) is 4.74 Å². The van der Waals surface area contributed by atoms with Crippen LogP contribution >= 0.6 is 0 Å².